The number of aliphatic hydroxyl groups excluding tert-OH is 1. The van der Waals surface area contributed by atoms with Crippen molar-refractivity contribution >= 4 is 0 Å². The van der Waals surface area contributed by atoms with E-state index in [1.807, 2.05) is 31.5 Å². The second-order valence-corrected chi connectivity index (χ2v) is 5.20. The molecule has 19 heavy (non-hydrogen) atoms. The van der Waals surface area contributed by atoms with Crippen LogP contribution in [-0.4, -0.2) is 14.7 Å². The number of nitrogens with zero attached hydrogens (tertiary/aromatic N) is 2. The maximum absolute atomic E-state index is 10.2. The van der Waals surface area contributed by atoms with Gasteiger partial charge in [0, 0.05) is 11.3 Å². The molecule has 1 aliphatic rings. The summed E-state index contributed by atoms with van der Waals surface area (Å²) in [5.41, 5.74) is 4.62. The predicted molar refractivity (Wildman–Crippen MR) is 75.5 cm³/mol. The Hall–Kier alpha value is -1.61. The first-order chi connectivity index (χ1) is 9.31. The fourth-order valence-electron chi connectivity index (χ4n) is 2.89. The van der Waals surface area contributed by atoms with Crippen molar-refractivity contribution in [3.8, 4) is 5.69 Å². The molecule has 3 nitrogen and oxygen atoms in total. The zero-order chi connectivity index (χ0) is 13.2. The molecule has 1 unspecified atom stereocenters. The second kappa shape index (κ2) is 5.17. The Morgan fingerprint density at radius 3 is 2.89 bits per heavy atom. The molecule has 100 valence electrons. The van der Waals surface area contributed by atoms with E-state index in [-0.39, 0.29) is 0 Å². The summed E-state index contributed by atoms with van der Waals surface area (Å²) < 4.78 is 2.17. The number of hydrogen-bond donors (Lipinski definition) is 1. The molecular weight excluding hydrogens is 236 g/mol. The van der Waals surface area contributed by atoms with Crippen molar-refractivity contribution in [3.05, 3.63) is 47.5 Å². The van der Waals surface area contributed by atoms with Crippen LogP contribution < -0.4 is 0 Å². The van der Waals surface area contributed by atoms with E-state index >= 15 is 0 Å². The monoisotopic (exact) mass is 256 g/mol. The molecule has 1 aliphatic carbocycles. The van der Waals surface area contributed by atoms with Crippen molar-refractivity contribution in [1.82, 2.24) is 9.55 Å². The first-order valence-electron chi connectivity index (χ1n) is 7.13. The molecule has 0 radical (unpaired) electrons. The van der Waals surface area contributed by atoms with Crippen LogP contribution in [0.3, 0.4) is 0 Å². The van der Waals surface area contributed by atoms with E-state index in [0.29, 0.717) is 0 Å². The third-order valence-electron chi connectivity index (χ3n) is 3.97. The van der Waals surface area contributed by atoms with Gasteiger partial charge < -0.3 is 9.67 Å². The SMILES string of the molecule is CCC(O)c1ccccc1-n1cnc2c1CCCC2. The highest BCUT2D eigenvalue weighted by Crippen LogP contribution is 2.28. The molecule has 0 aliphatic heterocycles. The molecule has 1 aromatic carbocycles. The van der Waals surface area contributed by atoms with Gasteiger partial charge in [0.25, 0.3) is 0 Å². The number of aryl methyl sites for hydroxylation is 1. The zero-order valence-corrected chi connectivity index (χ0v) is 11.3. The van der Waals surface area contributed by atoms with E-state index in [9.17, 15) is 5.11 Å². The van der Waals surface area contributed by atoms with E-state index in [2.05, 4.69) is 15.6 Å². The number of imidazole rings is 1. The molecule has 0 saturated carbocycles. The van der Waals surface area contributed by atoms with Crippen molar-refractivity contribution in [1.29, 1.82) is 0 Å². The maximum atomic E-state index is 10.2. The topological polar surface area (TPSA) is 38.0 Å². The van der Waals surface area contributed by atoms with Crippen LogP contribution in [0, 0.1) is 0 Å². The summed E-state index contributed by atoms with van der Waals surface area (Å²) in [6.45, 7) is 2.00. The molecule has 0 bridgehead atoms. The number of aromatic nitrogens is 2. The molecule has 0 fully saturated rings. The van der Waals surface area contributed by atoms with Gasteiger partial charge in [0.1, 0.15) is 0 Å². The van der Waals surface area contributed by atoms with Crippen LogP contribution >= 0.6 is 0 Å². The summed E-state index contributed by atoms with van der Waals surface area (Å²) >= 11 is 0. The van der Waals surface area contributed by atoms with Gasteiger partial charge in [0.2, 0.25) is 0 Å². The Morgan fingerprint density at radius 1 is 1.26 bits per heavy atom. The standard InChI is InChI=1S/C16H20N2O/c1-2-16(19)12-7-3-5-9-14(12)18-11-17-13-8-4-6-10-15(13)18/h3,5,7,9,11,16,19H,2,4,6,8,10H2,1H3. The minimum atomic E-state index is -0.405. The van der Waals surface area contributed by atoms with Gasteiger partial charge in [-0.1, -0.05) is 25.1 Å². The van der Waals surface area contributed by atoms with Crippen molar-refractivity contribution < 1.29 is 5.11 Å². The van der Waals surface area contributed by atoms with E-state index in [0.717, 1.165) is 30.5 Å². The molecule has 0 saturated heterocycles. The van der Waals surface area contributed by atoms with Gasteiger partial charge >= 0.3 is 0 Å². The normalized spacial score (nSPS) is 16.1. The van der Waals surface area contributed by atoms with E-state index in [1.54, 1.807) is 0 Å². The summed E-state index contributed by atoms with van der Waals surface area (Å²) in [5.74, 6) is 0. The predicted octanol–water partition coefficient (Wildman–Crippen LogP) is 3.19. The van der Waals surface area contributed by atoms with Crippen molar-refractivity contribution in [2.45, 2.75) is 45.1 Å². The molecule has 1 atom stereocenters. The van der Waals surface area contributed by atoms with Crippen LogP contribution in [0.2, 0.25) is 0 Å². The zero-order valence-electron chi connectivity index (χ0n) is 11.3. The number of rotatable bonds is 3. The quantitative estimate of drug-likeness (QED) is 0.915. The summed E-state index contributed by atoms with van der Waals surface area (Å²) in [6, 6.07) is 8.10. The Kier molecular flexibility index (Phi) is 3.38. The summed E-state index contributed by atoms with van der Waals surface area (Å²) in [4.78, 5) is 4.54. The first-order valence-corrected chi connectivity index (χ1v) is 7.13. The smallest absolute Gasteiger partial charge is 0.0997 e. The molecule has 2 aromatic rings. The van der Waals surface area contributed by atoms with Crippen molar-refractivity contribution in [2.24, 2.45) is 0 Å². The molecule has 3 heteroatoms. The Morgan fingerprint density at radius 2 is 2.05 bits per heavy atom. The third kappa shape index (κ3) is 2.19. The molecule has 1 aromatic heterocycles. The van der Waals surface area contributed by atoms with Gasteiger partial charge in [-0.3, -0.25) is 0 Å². The van der Waals surface area contributed by atoms with Gasteiger partial charge in [-0.2, -0.15) is 0 Å². The molecule has 1 heterocycles. The number of benzene rings is 1. The van der Waals surface area contributed by atoms with Crippen LogP contribution in [0.5, 0.6) is 0 Å². The average Bonchev–Trinajstić information content (AvgIpc) is 2.90. The molecule has 3 rings (SSSR count). The van der Waals surface area contributed by atoms with Crippen LogP contribution in [0.1, 0.15) is 49.2 Å². The fraction of sp³-hybridized carbons (Fsp3) is 0.438. The van der Waals surface area contributed by atoms with Gasteiger partial charge in [-0.05, 0) is 38.2 Å². The average molecular weight is 256 g/mol. The summed E-state index contributed by atoms with van der Waals surface area (Å²) in [6.07, 6.45) is 6.89. The summed E-state index contributed by atoms with van der Waals surface area (Å²) in [7, 11) is 0. The molecule has 1 N–H and O–H groups in total. The summed E-state index contributed by atoms with van der Waals surface area (Å²) in [5, 5.41) is 10.2. The lowest BCUT2D eigenvalue weighted by molar-refractivity contribution is 0.173. The Labute approximate surface area is 113 Å². The highest BCUT2D eigenvalue weighted by atomic mass is 16.3. The largest absolute Gasteiger partial charge is 0.388 e. The van der Waals surface area contributed by atoms with Crippen LogP contribution in [0.25, 0.3) is 5.69 Å². The first kappa shape index (κ1) is 12.4. The lowest BCUT2D eigenvalue weighted by atomic mass is 10.00. The van der Waals surface area contributed by atoms with Crippen molar-refractivity contribution in [3.63, 3.8) is 0 Å². The van der Waals surface area contributed by atoms with Crippen LogP contribution in [-0.2, 0) is 12.8 Å². The minimum absolute atomic E-state index is 0.405. The van der Waals surface area contributed by atoms with Crippen LogP contribution in [0.15, 0.2) is 30.6 Å². The highest BCUT2D eigenvalue weighted by Gasteiger charge is 2.19. The minimum Gasteiger partial charge on any atom is -0.388 e. The number of fused-ring (bicyclic) bond motifs is 1. The molecule has 0 spiro atoms. The Balaban J connectivity index is 2.09. The number of aliphatic hydroxyl groups is 1. The number of hydrogen-bond acceptors (Lipinski definition) is 2. The van der Waals surface area contributed by atoms with Gasteiger partial charge in [0.05, 0.1) is 23.8 Å². The highest BCUT2D eigenvalue weighted by molar-refractivity contribution is 5.44. The van der Waals surface area contributed by atoms with E-state index in [1.165, 1.54) is 24.2 Å². The number of para-hydroxylation sites is 1. The fourth-order valence-corrected chi connectivity index (χ4v) is 2.89. The van der Waals surface area contributed by atoms with Gasteiger partial charge in [0.15, 0.2) is 0 Å². The second-order valence-electron chi connectivity index (χ2n) is 5.20. The lowest BCUT2D eigenvalue weighted by Gasteiger charge is -2.18. The maximum Gasteiger partial charge on any atom is 0.0997 e. The molecular formula is C16H20N2O. The van der Waals surface area contributed by atoms with Gasteiger partial charge in [-0.15, -0.1) is 0 Å². The van der Waals surface area contributed by atoms with Crippen LogP contribution in [0.4, 0.5) is 0 Å². The van der Waals surface area contributed by atoms with E-state index in [4.69, 9.17) is 0 Å². The van der Waals surface area contributed by atoms with E-state index < -0.39 is 6.10 Å². The van der Waals surface area contributed by atoms with Crippen molar-refractivity contribution in [2.75, 3.05) is 0 Å². The molecule has 0 amide bonds. The Bertz CT molecular complexity index is 574. The lowest BCUT2D eigenvalue weighted by Crippen LogP contribution is -2.09. The van der Waals surface area contributed by atoms with Gasteiger partial charge in [-0.25, -0.2) is 4.98 Å². The third-order valence-corrected chi connectivity index (χ3v) is 3.97.